The number of nitrogens with two attached hydrogens (primary N) is 1. The van der Waals surface area contributed by atoms with Gasteiger partial charge in [0.15, 0.2) is 0 Å². The lowest BCUT2D eigenvalue weighted by atomic mass is 9.84. The van der Waals surface area contributed by atoms with Gasteiger partial charge in [-0.25, -0.2) is 0 Å². The highest BCUT2D eigenvalue weighted by Crippen LogP contribution is 2.23. The van der Waals surface area contributed by atoms with Crippen LogP contribution in [0, 0.1) is 11.8 Å². The van der Waals surface area contributed by atoms with Gasteiger partial charge in [0.2, 0.25) is 5.91 Å². The van der Waals surface area contributed by atoms with Crippen molar-refractivity contribution in [3.8, 4) is 0 Å². The first-order chi connectivity index (χ1) is 8.27. The minimum Gasteiger partial charge on any atom is -0.356 e. The maximum absolute atomic E-state index is 12.0. The Labute approximate surface area is 104 Å². The van der Waals surface area contributed by atoms with E-state index in [9.17, 15) is 4.79 Å². The molecule has 2 aliphatic carbocycles. The van der Waals surface area contributed by atoms with Gasteiger partial charge in [-0.05, 0) is 38.0 Å². The van der Waals surface area contributed by atoms with E-state index in [2.05, 4.69) is 17.5 Å². The Balaban J connectivity index is 1.74. The molecule has 0 spiro atoms. The molecule has 0 saturated heterocycles. The number of allylic oxidation sites excluding steroid dienone is 2. The van der Waals surface area contributed by atoms with E-state index in [4.69, 9.17) is 5.73 Å². The van der Waals surface area contributed by atoms with Crippen molar-refractivity contribution < 1.29 is 4.79 Å². The Hall–Kier alpha value is -0.830. The summed E-state index contributed by atoms with van der Waals surface area (Å²) in [5.41, 5.74) is 6.02. The molecule has 96 valence electrons. The van der Waals surface area contributed by atoms with Crippen LogP contribution in [-0.4, -0.2) is 18.5 Å². The smallest absolute Gasteiger partial charge is 0.224 e. The number of nitrogens with one attached hydrogen (secondary N) is 1. The molecule has 0 aromatic carbocycles. The Bertz CT molecular complexity index is 288. The minimum absolute atomic E-state index is 0.0582. The van der Waals surface area contributed by atoms with E-state index in [1.54, 1.807) is 0 Å². The molecule has 0 aliphatic heterocycles. The molecule has 3 heteroatoms. The van der Waals surface area contributed by atoms with Crippen LogP contribution in [0.5, 0.6) is 0 Å². The molecule has 0 heterocycles. The normalized spacial score (nSPS) is 33.4. The summed E-state index contributed by atoms with van der Waals surface area (Å²) in [7, 11) is 0. The highest BCUT2D eigenvalue weighted by atomic mass is 16.1. The SMILES string of the molecule is NC1CCCCC1C(=O)NCC1CC=CCC1. The van der Waals surface area contributed by atoms with Gasteiger partial charge in [-0.1, -0.05) is 25.0 Å². The summed E-state index contributed by atoms with van der Waals surface area (Å²) < 4.78 is 0. The summed E-state index contributed by atoms with van der Waals surface area (Å²) in [6, 6.07) is 0.0787. The lowest BCUT2D eigenvalue weighted by Crippen LogP contribution is -2.44. The van der Waals surface area contributed by atoms with Crippen molar-refractivity contribution in [2.75, 3.05) is 6.54 Å². The van der Waals surface area contributed by atoms with Crippen molar-refractivity contribution in [1.82, 2.24) is 5.32 Å². The molecule has 3 nitrogen and oxygen atoms in total. The second-order valence-electron chi connectivity index (χ2n) is 5.45. The molecule has 3 N–H and O–H groups in total. The average Bonchev–Trinajstić information content (AvgIpc) is 2.38. The molecule has 0 aromatic heterocycles. The van der Waals surface area contributed by atoms with Crippen LogP contribution in [0.1, 0.15) is 44.9 Å². The molecule has 2 aliphatic rings. The molecular weight excluding hydrogens is 212 g/mol. The number of carbonyl (C=O) groups excluding carboxylic acids is 1. The van der Waals surface area contributed by atoms with Crippen LogP contribution in [0.4, 0.5) is 0 Å². The second kappa shape index (κ2) is 6.20. The summed E-state index contributed by atoms with van der Waals surface area (Å²) in [6.07, 6.45) is 12.2. The molecule has 0 aromatic rings. The predicted molar refractivity (Wildman–Crippen MR) is 69.4 cm³/mol. The van der Waals surface area contributed by atoms with Gasteiger partial charge in [-0.2, -0.15) is 0 Å². The molecule has 17 heavy (non-hydrogen) atoms. The maximum atomic E-state index is 12.0. The number of hydrogen-bond donors (Lipinski definition) is 2. The number of rotatable bonds is 3. The molecule has 1 fully saturated rings. The summed E-state index contributed by atoms with van der Waals surface area (Å²) >= 11 is 0. The summed E-state index contributed by atoms with van der Waals surface area (Å²) in [5, 5.41) is 3.10. The number of carbonyl (C=O) groups is 1. The number of hydrogen-bond acceptors (Lipinski definition) is 2. The van der Waals surface area contributed by atoms with E-state index >= 15 is 0 Å². The van der Waals surface area contributed by atoms with Gasteiger partial charge < -0.3 is 11.1 Å². The van der Waals surface area contributed by atoms with Crippen molar-refractivity contribution in [1.29, 1.82) is 0 Å². The molecule has 1 saturated carbocycles. The Morgan fingerprint density at radius 2 is 2.06 bits per heavy atom. The van der Waals surface area contributed by atoms with Gasteiger partial charge in [-0.15, -0.1) is 0 Å². The van der Waals surface area contributed by atoms with Crippen LogP contribution in [-0.2, 0) is 4.79 Å². The first-order valence-electron chi connectivity index (χ1n) is 6.95. The molecule has 2 rings (SSSR count). The van der Waals surface area contributed by atoms with Crippen LogP contribution >= 0.6 is 0 Å². The zero-order valence-electron chi connectivity index (χ0n) is 10.5. The van der Waals surface area contributed by atoms with Gasteiger partial charge in [0.25, 0.3) is 0 Å². The molecular formula is C14H24N2O. The van der Waals surface area contributed by atoms with Gasteiger partial charge in [0.1, 0.15) is 0 Å². The van der Waals surface area contributed by atoms with Crippen LogP contribution < -0.4 is 11.1 Å². The van der Waals surface area contributed by atoms with Crippen molar-refractivity contribution >= 4 is 5.91 Å². The quantitative estimate of drug-likeness (QED) is 0.736. The van der Waals surface area contributed by atoms with Crippen LogP contribution in [0.15, 0.2) is 12.2 Å². The topological polar surface area (TPSA) is 55.1 Å². The lowest BCUT2D eigenvalue weighted by Gasteiger charge is -2.28. The van der Waals surface area contributed by atoms with Crippen molar-refractivity contribution in [3.63, 3.8) is 0 Å². The van der Waals surface area contributed by atoms with Gasteiger partial charge in [0.05, 0.1) is 5.92 Å². The predicted octanol–water partition coefficient (Wildman–Crippen LogP) is 1.98. The van der Waals surface area contributed by atoms with Crippen molar-refractivity contribution in [2.45, 2.75) is 51.0 Å². The fourth-order valence-corrected chi connectivity index (χ4v) is 2.90. The average molecular weight is 236 g/mol. The highest BCUT2D eigenvalue weighted by molar-refractivity contribution is 5.79. The first-order valence-corrected chi connectivity index (χ1v) is 6.95. The van der Waals surface area contributed by atoms with Crippen molar-refractivity contribution in [3.05, 3.63) is 12.2 Å². The standard InChI is InChI=1S/C14H24N2O/c15-13-9-5-4-8-12(13)14(17)16-10-11-6-2-1-3-7-11/h1-2,11-13H,3-10,15H2,(H,16,17). The largest absolute Gasteiger partial charge is 0.356 e. The zero-order valence-corrected chi connectivity index (χ0v) is 10.5. The minimum atomic E-state index is 0.0582. The van der Waals surface area contributed by atoms with E-state index in [1.165, 1.54) is 12.8 Å². The van der Waals surface area contributed by atoms with E-state index in [1.807, 2.05) is 0 Å². The lowest BCUT2D eigenvalue weighted by molar-refractivity contribution is -0.126. The van der Waals surface area contributed by atoms with Gasteiger partial charge in [-0.3, -0.25) is 4.79 Å². The fraction of sp³-hybridized carbons (Fsp3) is 0.786. The van der Waals surface area contributed by atoms with Crippen molar-refractivity contribution in [2.24, 2.45) is 17.6 Å². The fourth-order valence-electron chi connectivity index (χ4n) is 2.90. The van der Waals surface area contributed by atoms with Crippen LogP contribution in [0.3, 0.4) is 0 Å². The third kappa shape index (κ3) is 3.56. The number of amides is 1. The molecule has 0 radical (unpaired) electrons. The van der Waals surface area contributed by atoms with E-state index in [0.29, 0.717) is 5.92 Å². The molecule has 0 bridgehead atoms. The maximum Gasteiger partial charge on any atom is 0.224 e. The van der Waals surface area contributed by atoms with Gasteiger partial charge in [0, 0.05) is 12.6 Å². The highest BCUT2D eigenvalue weighted by Gasteiger charge is 2.28. The van der Waals surface area contributed by atoms with E-state index in [-0.39, 0.29) is 17.9 Å². The zero-order chi connectivity index (χ0) is 12.1. The third-order valence-electron chi connectivity index (χ3n) is 4.10. The first kappa shape index (κ1) is 12.6. The van der Waals surface area contributed by atoms with E-state index < -0.39 is 0 Å². The second-order valence-corrected chi connectivity index (χ2v) is 5.45. The van der Waals surface area contributed by atoms with E-state index in [0.717, 1.165) is 38.6 Å². The third-order valence-corrected chi connectivity index (χ3v) is 4.10. The Morgan fingerprint density at radius 1 is 1.24 bits per heavy atom. The monoisotopic (exact) mass is 236 g/mol. The molecule has 1 amide bonds. The Kier molecular flexibility index (Phi) is 4.60. The van der Waals surface area contributed by atoms with Gasteiger partial charge >= 0.3 is 0 Å². The summed E-state index contributed by atoms with van der Waals surface area (Å²) in [6.45, 7) is 0.826. The molecule has 3 atom stereocenters. The Morgan fingerprint density at radius 3 is 2.76 bits per heavy atom. The van der Waals surface area contributed by atoms with Crippen LogP contribution in [0.2, 0.25) is 0 Å². The molecule has 3 unspecified atom stereocenters. The van der Waals surface area contributed by atoms with Crippen LogP contribution in [0.25, 0.3) is 0 Å². The summed E-state index contributed by atoms with van der Waals surface area (Å²) in [4.78, 5) is 12.0. The summed E-state index contributed by atoms with van der Waals surface area (Å²) in [5.74, 6) is 0.874.